The van der Waals surface area contributed by atoms with Crippen molar-refractivity contribution in [3.8, 4) is 0 Å². The Kier molecular flexibility index (Phi) is 5.04. The number of hydrogen-bond acceptors (Lipinski definition) is 2. The molecule has 1 amide bonds. The number of anilines is 1. The van der Waals surface area contributed by atoms with Gasteiger partial charge in [0.25, 0.3) is 0 Å². The van der Waals surface area contributed by atoms with Gasteiger partial charge in [0.1, 0.15) is 0 Å². The van der Waals surface area contributed by atoms with Crippen molar-refractivity contribution < 1.29 is 4.79 Å². The molecule has 1 aliphatic rings. The molecule has 1 atom stereocenters. The zero-order valence-corrected chi connectivity index (χ0v) is 13.6. The van der Waals surface area contributed by atoms with E-state index in [1.807, 2.05) is 17.0 Å². The number of carbonyl (C=O) groups excluding carboxylic acids is 1. The van der Waals surface area contributed by atoms with Crippen LogP contribution in [-0.2, 0) is 4.79 Å². The Morgan fingerprint density at radius 2 is 2.00 bits per heavy atom. The summed E-state index contributed by atoms with van der Waals surface area (Å²) in [6.07, 6.45) is 4.15. The second-order valence-electron chi connectivity index (χ2n) is 6.90. The fraction of sp³-hybridized carbons (Fsp3) is 0.611. The lowest BCUT2D eigenvalue weighted by Gasteiger charge is -2.32. The van der Waals surface area contributed by atoms with Crippen LogP contribution in [0.3, 0.4) is 0 Å². The van der Waals surface area contributed by atoms with Gasteiger partial charge in [0.15, 0.2) is 0 Å². The molecule has 3 heteroatoms. The summed E-state index contributed by atoms with van der Waals surface area (Å²) in [6.45, 7) is 7.84. The minimum absolute atomic E-state index is 0.114. The van der Waals surface area contributed by atoms with Crippen LogP contribution >= 0.6 is 0 Å². The fourth-order valence-electron chi connectivity index (χ4n) is 3.31. The van der Waals surface area contributed by atoms with Crippen LogP contribution in [-0.4, -0.2) is 19.0 Å². The Labute approximate surface area is 128 Å². The highest BCUT2D eigenvalue weighted by Crippen LogP contribution is 2.43. The van der Waals surface area contributed by atoms with Gasteiger partial charge in [-0.3, -0.25) is 4.79 Å². The maximum Gasteiger partial charge on any atom is 0.230 e. The van der Waals surface area contributed by atoms with Crippen LogP contribution in [0.25, 0.3) is 0 Å². The summed E-state index contributed by atoms with van der Waals surface area (Å²) in [5, 5.41) is 0. The largest absolute Gasteiger partial charge is 0.330 e. The van der Waals surface area contributed by atoms with E-state index >= 15 is 0 Å². The van der Waals surface area contributed by atoms with E-state index in [4.69, 9.17) is 5.73 Å². The van der Waals surface area contributed by atoms with E-state index in [2.05, 4.69) is 32.9 Å². The molecule has 1 aromatic carbocycles. The Hall–Kier alpha value is -1.35. The second kappa shape index (κ2) is 6.61. The van der Waals surface area contributed by atoms with E-state index in [9.17, 15) is 4.79 Å². The summed E-state index contributed by atoms with van der Waals surface area (Å²) < 4.78 is 0. The van der Waals surface area contributed by atoms with Crippen molar-refractivity contribution in [1.29, 1.82) is 0 Å². The molecule has 0 aromatic heterocycles. The smallest absolute Gasteiger partial charge is 0.230 e. The molecule has 1 aromatic rings. The van der Waals surface area contributed by atoms with Gasteiger partial charge in [0.2, 0.25) is 5.91 Å². The lowest BCUT2D eigenvalue weighted by atomic mass is 9.81. The molecule has 2 rings (SSSR count). The quantitative estimate of drug-likeness (QED) is 0.901. The standard InChI is InChI=1S/C18H28N2O/c1-14-7-9-15(10-8-14)20(13-5-12-19)17(21)16-6-4-11-18(16,2)3/h7-10,16H,4-6,11-13,19H2,1-3H3. The van der Waals surface area contributed by atoms with Gasteiger partial charge in [-0.25, -0.2) is 0 Å². The van der Waals surface area contributed by atoms with Gasteiger partial charge in [-0.15, -0.1) is 0 Å². The van der Waals surface area contributed by atoms with Crippen molar-refractivity contribution in [1.82, 2.24) is 0 Å². The van der Waals surface area contributed by atoms with Gasteiger partial charge < -0.3 is 10.6 Å². The molecule has 0 spiro atoms. The van der Waals surface area contributed by atoms with Gasteiger partial charge in [-0.2, -0.15) is 0 Å². The highest BCUT2D eigenvalue weighted by molar-refractivity contribution is 5.95. The van der Waals surface area contributed by atoms with Crippen molar-refractivity contribution in [3.63, 3.8) is 0 Å². The van der Waals surface area contributed by atoms with Crippen LogP contribution in [0.4, 0.5) is 5.69 Å². The summed E-state index contributed by atoms with van der Waals surface area (Å²) >= 11 is 0. The van der Waals surface area contributed by atoms with Crippen LogP contribution in [0.15, 0.2) is 24.3 Å². The molecule has 3 nitrogen and oxygen atoms in total. The van der Waals surface area contributed by atoms with Crippen LogP contribution in [0.1, 0.15) is 45.1 Å². The van der Waals surface area contributed by atoms with Gasteiger partial charge in [-0.05, 0) is 50.3 Å². The molecule has 0 bridgehead atoms. The molecule has 1 aliphatic carbocycles. The molecule has 2 N–H and O–H groups in total. The van der Waals surface area contributed by atoms with E-state index in [0.717, 1.165) is 31.4 Å². The molecule has 116 valence electrons. The SMILES string of the molecule is Cc1ccc(N(CCCN)C(=O)C2CCCC2(C)C)cc1. The normalized spacial score (nSPS) is 20.5. The third-order valence-electron chi connectivity index (χ3n) is 4.75. The number of amides is 1. The lowest BCUT2D eigenvalue weighted by Crippen LogP contribution is -2.41. The Morgan fingerprint density at radius 1 is 1.33 bits per heavy atom. The first-order chi connectivity index (χ1) is 9.95. The minimum atomic E-state index is 0.114. The maximum absolute atomic E-state index is 13.0. The summed E-state index contributed by atoms with van der Waals surface area (Å²) in [7, 11) is 0. The first kappa shape index (κ1) is 16.0. The number of carbonyl (C=O) groups is 1. The molecular weight excluding hydrogens is 260 g/mol. The monoisotopic (exact) mass is 288 g/mol. The van der Waals surface area contributed by atoms with Crippen molar-refractivity contribution in [3.05, 3.63) is 29.8 Å². The summed E-state index contributed by atoms with van der Waals surface area (Å²) in [5.41, 5.74) is 7.98. The average Bonchev–Trinajstić information content (AvgIpc) is 2.80. The number of nitrogens with zero attached hydrogens (tertiary/aromatic N) is 1. The predicted molar refractivity (Wildman–Crippen MR) is 88.3 cm³/mol. The molecule has 0 aliphatic heterocycles. The molecule has 0 heterocycles. The van der Waals surface area contributed by atoms with Crippen LogP contribution in [0.2, 0.25) is 0 Å². The van der Waals surface area contributed by atoms with Crippen molar-refractivity contribution in [2.24, 2.45) is 17.1 Å². The van der Waals surface area contributed by atoms with E-state index in [1.54, 1.807) is 0 Å². The molecule has 0 saturated heterocycles. The third kappa shape index (κ3) is 3.65. The predicted octanol–water partition coefficient (Wildman–Crippen LogP) is 3.50. The van der Waals surface area contributed by atoms with E-state index in [-0.39, 0.29) is 17.2 Å². The van der Waals surface area contributed by atoms with Crippen LogP contribution in [0, 0.1) is 18.3 Å². The number of benzene rings is 1. The van der Waals surface area contributed by atoms with Crippen LogP contribution < -0.4 is 10.6 Å². The number of aryl methyl sites for hydroxylation is 1. The Bertz CT molecular complexity index is 478. The van der Waals surface area contributed by atoms with Gasteiger partial charge >= 0.3 is 0 Å². The van der Waals surface area contributed by atoms with Crippen LogP contribution in [0.5, 0.6) is 0 Å². The zero-order chi connectivity index (χ0) is 15.5. The van der Waals surface area contributed by atoms with Gasteiger partial charge in [0.05, 0.1) is 0 Å². The highest BCUT2D eigenvalue weighted by Gasteiger charge is 2.41. The molecule has 21 heavy (non-hydrogen) atoms. The van der Waals surface area contributed by atoms with E-state index in [0.29, 0.717) is 13.1 Å². The van der Waals surface area contributed by atoms with Gasteiger partial charge in [0, 0.05) is 18.2 Å². The number of hydrogen-bond donors (Lipinski definition) is 1. The second-order valence-corrected chi connectivity index (χ2v) is 6.90. The summed E-state index contributed by atoms with van der Waals surface area (Å²) in [5.74, 6) is 0.409. The molecule has 0 radical (unpaired) electrons. The highest BCUT2D eigenvalue weighted by atomic mass is 16.2. The van der Waals surface area contributed by atoms with Crippen molar-refractivity contribution >= 4 is 11.6 Å². The third-order valence-corrected chi connectivity index (χ3v) is 4.75. The van der Waals surface area contributed by atoms with E-state index in [1.165, 1.54) is 5.56 Å². The Morgan fingerprint density at radius 3 is 2.52 bits per heavy atom. The number of nitrogens with two attached hydrogens (primary N) is 1. The first-order valence-corrected chi connectivity index (χ1v) is 8.04. The summed E-state index contributed by atoms with van der Waals surface area (Å²) in [4.78, 5) is 15.0. The lowest BCUT2D eigenvalue weighted by molar-refractivity contribution is -0.124. The molecular formula is C18H28N2O. The van der Waals surface area contributed by atoms with E-state index < -0.39 is 0 Å². The summed E-state index contributed by atoms with van der Waals surface area (Å²) in [6, 6.07) is 8.23. The van der Waals surface area contributed by atoms with Gasteiger partial charge in [-0.1, -0.05) is 38.0 Å². The number of rotatable bonds is 5. The van der Waals surface area contributed by atoms with Crippen molar-refractivity contribution in [2.75, 3.05) is 18.0 Å². The maximum atomic E-state index is 13.0. The molecule has 1 saturated carbocycles. The zero-order valence-electron chi connectivity index (χ0n) is 13.6. The minimum Gasteiger partial charge on any atom is -0.330 e. The van der Waals surface area contributed by atoms with Crippen molar-refractivity contribution in [2.45, 2.75) is 46.5 Å². The topological polar surface area (TPSA) is 46.3 Å². The average molecular weight is 288 g/mol. The molecule has 1 fully saturated rings. The Balaban J connectivity index is 2.23. The fourth-order valence-corrected chi connectivity index (χ4v) is 3.31. The molecule has 1 unspecified atom stereocenters. The first-order valence-electron chi connectivity index (χ1n) is 8.04.